The topological polar surface area (TPSA) is 12.0 Å². The van der Waals surface area contributed by atoms with E-state index >= 15 is 0 Å². The van der Waals surface area contributed by atoms with E-state index in [2.05, 4.69) is 30.4 Å². The van der Waals surface area contributed by atoms with Crippen LogP contribution in [0, 0.1) is 6.92 Å². The van der Waals surface area contributed by atoms with Crippen molar-refractivity contribution in [3.05, 3.63) is 29.3 Å². The van der Waals surface area contributed by atoms with Crippen molar-refractivity contribution in [2.24, 2.45) is 0 Å². The van der Waals surface area contributed by atoms with Crippen LogP contribution < -0.4 is 5.32 Å². The molecule has 1 heterocycles. The molecule has 0 saturated heterocycles. The van der Waals surface area contributed by atoms with Crippen LogP contribution in [0.1, 0.15) is 43.2 Å². The first kappa shape index (κ1) is 9.26. The number of hydrogen-bond acceptors (Lipinski definition) is 1. The Balaban J connectivity index is 2.06. The molecule has 1 aromatic rings. The first-order chi connectivity index (χ1) is 7.32. The van der Waals surface area contributed by atoms with Crippen LogP contribution in [0.25, 0.3) is 0 Å². The predicted molar refractivity (Wildman–Crippen MR) is 64.4 cm³/mol. The van der Waals surface area contributed by atoms with Crippen LogP contribution in [0.5, 0.6) is 0 Å². The summed E-state index contributed by atoms with van der Waals surface area (Å²) in [5, 5.41) is 3.63. The number of fused-ring (bicyclic) bond motifs is 2. The van der Waals surface area contributed by atoms with Crippen molar-refractivity contribution >= 4 is 5.69 Å². The number of para-hydroxylation sites is 1. The van der Waals surface area contributed by atoms with E-state index in [1.165, 1.54) is 49.9 Å². The average molecular weight is 201 g/mol. The van der Waals surface area contributed by atoms with Crippen LogP contribution in [-0.2, 0) is 5.41 Å². The quantitative estimate of drug-likeness (QED) is 0.676. The number of anilines is 1. The van der Waals surface area contributed by atoms with Crippen LogP contribution >= 0.6 is 0 Å². The lowest BCUT2D eigenvalue weighted by molar-refractivity contribution is 0.319. The zero-order chi connectivity index (χ0) is 10.3. The Morgan fingerprint density at radius 3 is 2.73 bits per heavy atom. The summed E-state index contributed by atoms with van der Waals surface area (Å²) in [6, 6.07) is 6.78. The molecule has 1 saturated carbocycles. The molecule has 15 heavy (non-hydrogen) atoms. The van der Waals surface area contributed by atoms with Gasteiger partial charge in [-0.2, -0.15) is 0 Å². The van der Waals surface area contributed by atoms with E-state index in [9.17, 15) is 0 Å². The van der Waals surface area contributed by atoms with Crippen LogP contribution in [0.3, 0.4) is 0 Å². The normalized spacial score (nSPS) is 22.5. The molecule has 0 amide bonds. The van der Waals surface area contributed by atoms with E-state index in [4.69, 9.17) is 0 Å². The molecule has 1 aromatic carbocycles. The monoisotopic (exact) mass is 201 g/mol. The molecule has 1 spiro atoms. The number of hydrogen-bond donors (Lipinski definition) is 1. The maximum absolute atomic E-state index is 3.63. The number of rotatable bonds is 0. The van der Waals surface area contributed by atoms with Gasteiger partial charge in [0.25, 0.3) is 0 Å². The largest absolute Gasteiger partial charge is 0.384 e. The standard InChI is InChI=1S/C14H19N/c1-11-6-5-7-12-13(11)15-10-14(12)8-3-2-4-9-14/h5-7,15H,2-4,8-10H2,1H3. The lowest BCUT2D eigenvalue weighted by Crippen LogP contribution is -2.30. The van der Waals surface area contributed by atoms with Crippen molar-refractivity contribution in [2.45, 2.75) is 44.4 Å². The molecule has 1 heteroatoms. The second kappa shape index (κ2) is 3.26. The highest BCUT2D eigenvalue weighted by Crippen LogP contribution is 2.47. The Hall–Kier alpha value is -0.980. The van der Waals surface area contributed by atoms with Gasteiger partial charge < -0.3 is 5.32 Å². The fourth-order valence-electron chi connectivity index (χ4n) is 3.37. The summed E-state index contributed by atoms with van der Waals surface area (Å²) < 4.78 is 0. The molecule has 0 atom stereocenters. The number of benzene rings is 1. The van der Waals surface area contributed by atoms with E-state index in [1.807, 2.05) is 0 Å². The number of aryl methyl sites for hydroxylation is 1. The second-order valence-electron chi connectivity index (χ2n) is 5.19. The Kier molecular flexibility index (Phi) is 2.01. The molecule has 80 valence electrons. The Bertz CT molecular complexity index is 375. The second-order valence-corrected chi connectivity index (χ2v) is 5.19. The molecular formula is C14H19N. The fraction of sp³-hybridized carbons (Fsp3) is 0.571. The van der Waals surface area contributed by atoms with Crippen LogP contribution in [0.4, 0.5) is 5.69 Å². The molecule has 0 bridgehead atoms. The van der Waals surface area contributed by atoms with Crippen molar-refractivity contribution in [3.63, 3.8) is 0 Å². The summed E-state index contributed by atoms with van der Waals surface area (Å²) in [6.45, 7) is 3.39. The van der Waals surface area contributed by atoms with Gasteiger partial charge in [-0.3, -0.25) is 0 Å². The highest BCUT2D eigenvalue weighted by Gasteiger charge is 2.39. The molecule has 1 aliphatic carbocycles. The fourth-order valence-corrected chi connectivity index (χ4v) is 3.37. The summed E-state index contributed by atoms with van der Waals surface area (Å²) in [4.78, 5) is 0. The lowest BCUT2D eigenvalue weighted by atomic mass is 9.70. The van der Waals surface area contributed by atoms with Gasteiger partial charge in [-0.05, 0) is 30.9 Å². The molecule has 2 aliphatic rings. The summed E-state index contributed by atoms with van der Waals surface area (Å²) in [5.74, 6) is 0. The Labute approximate surface area is 91.9 Å². The highest BCUT2D eigenvalue weighted by atomic mass is 14.9. The van der Waals surface area contributed by atoms with Gasteiger partial charge in [-0.25, -0.2) is 0 Å². The molecule has 1 nitrogen and oxygen atoms in total. The maximum atomic E-state index is 3.63. The summed E-state index contributed by atoms with van der Waals surface area (Å²) >= 11 is 0. The van der Waals surface area contributed by atoms with E-state index < -0.39 is 0 Å². The van der Waals surface area contributed by atoms with Crippen LogP contribution in [-0.4, -0.2) is 6.54 Å². The first-order valence-corrected chi connectivity index (χ1v) is 6.16. The van der Waals surface area contributed by atoms with Crippen molar-refractivity contribution in [2.75, 3.05) is 11.9 Å². The summed E-state index contributed by atoms with van der Waals surface area (Å²) in [7, 11) is 0. The Morgan fingerprint density at radius 2 is 1.93 bits per heavy atom. The average Bonchev–Trinajstić information content (AvgIpc) is 2.61. The molecule has 0 aromatic heterocycles. The number of nitrogens with one attached hydrogen (secondary N) is 1. The molecule has 3 rings (SSSR count). The lowest BCUT2D eigenvalue weighted by Gasteiger charge is -2.33. The molecule has 1 aliphatic heterocycles. The minimum Gasteiger partial charge on any atom is -0.384 e. The minimum atomic E-state index is 0.486. The van der Waals surface area contributed by atoms with Crippen molar-refractivity contribution in [3.8, 4) is 0 Å². The third-order valence-electron chi connectivity index (χ3n) is 4.26. The molecular weight excluding hydrogens is 182 g/mol. The molecule has 1 N–H and O–H groups in total. The van der Waals surface area contributed by atoms with Gasteiger partial charge >= 0.3 is 0 Å². The zero-order valence-corrected chi connectivity index (χ0v) is 9.47. The third-order valence-corrected chi connectivity index (χ3v) is 4.26. The van der Waals surface area contributed by atoms with E-state index in [-0.39, 0.29) is 0 Å². The molecule has 0 radical (unpaired) electrons. The van der Waals surface area contributed by atoms with Gasteiger partial charge in [-0.1, -0.05) is 37.5 Å². The van der Waals surface area contributed by atoms with Gasteiger partial charge in [-0.15, -0.1) is 0 Å². The maximum Gasteiger partial charge on any atom is 0.0409 e. The van der Waals surface area contributed by atoms with Gasteiger partial charge in [0, 0.05) is 17.6 Å². The van der Waals surface area contributed by atoms with Gasteiger partial charge in [0.2, 0.25) is 0 Å². The van der Waals surface area contributed by atoms with E-state index in [1.54, 1.807) is 5.56 Å². The molecule has 0 unspecified atom stereocenters. The van der Waals surface area contributed by atoms with Crippen molar-refractivity contribution < 1.29 is 0 Å². The Morgan fingerprint density at radius 1 is 1.13 bits per heavy atom. The SMILES string of the molecule is Cc1cccc2c1NCC21CCCCC1. The van der Waals surface area contributed by atoms with Crippen molar-refractivity contribution in [1.29, 1.82) is 0 Å². The highest BCUT2D eigenvalue weighted by molar-refractivity contribution is 5.64. The van der Waals surface area contributed by atoms with Gasteiger partial charge in [0.15, 0.2) is 0 Å². The summed E-state index contributed by atoms with van der Waals surface area (Å²) in [6.07, 6.45) is 7.03. The first-order valence-electron chi connectivity index (χ1n) is 6.16. The van der Waals surface area contributed by atoms with E-state index in [0.29, 0.717) is 5.41 Å². The van der Waals surface area contributed by atoms with E-state index in [0.717, 1.165) is 0 Å². The van der Waals surface area contributed by atoms with Gasteiger partial charge in [0.1, 0.15) is 0 Å². The molecule has 1 fully saturated rings. The zero-order valence-electron chi connectivity index (χ0n) is 9.47. The van der Waals surface area contributed by atoms with Crippen LogP contribution in [0.15, 0.2) is 18.2 Å². The minimum absolute atomic E-state index is 0.486. The third kappa shape index (κ3) is 1.29. The summed E-state index contributed by atoms with van der Waals surface area (Å²) in [5.41, 5.74) is 4.93. The van der Waals surface area contributed by atoms with Crippen molar-refractivity contribution in [1.82, 2.24) is 0 Å². The van der Waals surface area contributed by atoms with Crippen LogP contribution in [0.2, 0.25) is 0 Å². The predicted octanol–water partition coefficient (Wildman–Crippen LogP) is 3.62. The van der Waals surface area contributed by atoms with Gasteiger partial charge in [0.05, 0.1) is 0 Å². The smallest absolute Gasteiger partial charge is 0.0409 e.